The summed E-state index contributed by atoms with van der Waals surface area (Å²) in [5.41, 5.74) is 0.711. The Kier molecular flexibility index (Phi) is 9.19. The molecule has 0 saturated carbocycles. The van der Waals surface area contributed by atoms with Crippen LogP contribution in [0.25, 0.3) is 0 Å². The molecule has 0 aliphatic rings. The van der Waals surface area contributed by atoms with Crippen LogP contribution in [0, 0.1) is 0 Å². The van der Waals surface area contributed by atoms with Gasteiger partial charge in [0.05, 0.1) is 28.3 Å². The summed E-state index contributed by atoms with van der Waals surface area (Å²) in [4.78, 5) is 24.5. The van der Waals surface area contributed by atoms with E-state index >= 15 is 0 Å². The van der Waals surface area contributed by atoms with E-state index in [0.717, 1.165) is 12.8 Å². The van der Waals surface area contributed by atoms with Gasteiger partial charge >= 0.3 is 11.9 Å². The molecule has 0 heterocycles. The maximum absolute atomic E-state index is 12.5. The van der Waals surface area contributed by atoms with Crippen LogP contribution in [0.4, 0.5) is 0 Å². The molecule has 0 radical (unpaired) electrons. The fraction of sp³-hybridized carbons (Fsp3) is 0.391. The highest BCUT2D eigenvalue weighted by molar-refractivity contribution is 9.10. The van der Waals surface area contributed by atoms with Gasteiger partial charge in [-0.15, -0.1) is 0 Å². The molecular weight excluding hydrogens is 436 g/mol. The molecule has 156 valence electrons. The van der Waals surface area contributed by atoms with Crippen LogP contribution >= 0.6 is 15.9 Å². The third kappa shape index (κ3) is 7.54. The highest BCUT2D eigenvalue weighted by atomic mass is 79.9. The number of rotatable bonds is 10. The summed E-state index contributed by atoms with van der Waals surface area (Å²) in [6, 6.07) is 11.4. The van der Waals surface area contributed by atoms with E-state index in [4.69, 9.17) is 14.2 Å². The Morgan fingerprint density at radius 1 is 0.966 bits per heavy atom. The molecule has 0 aromatic heterocycles. The summed E-state index contributed by atoms with van der Waals surface area (Å²) in [5.74, 6) is -0.00675. The van der Waals surface area contributed by atoms with Crippen molar-refractivity contribution in [3.8, 4) is 11.5 Å². The average Bonchev–Trinajstić information content (AvgIpc) is 2.68. The maximum Gasteiger partial charge on any atom is 0.343 e. The third-order valence-electron chi connectivity index (χ3n) is 4.05. The van der Waals surface area contributed by atoms with Crippen molar-refractivity contribution in [3.05, 3.63) is 58.1 Å². The van der Waals surface area contributed by atoms with Crippen LogP contribution in [0.3, 0.4) is 0 Å². The van der Waals surface area contributed by atoms with Gasteiger partial charge in [0, 0.05) is 0 Å². The normalized spacial score (nSPS) is 10.7. The van der Waals surface area contributed by atoms with Crippen LogP contribution in [0.1, 0.15) is 67.2 Å². The quantitative estimate of drug-likeness (QED) is 0.239. The first-order valence-electron chi connectivity index (χ1n) is 9.86. The van der Waals surface area contributed by atoms with Gasteiger partial charge in [0.2, 0.25) is 0 Å². The topological polar surface area (TPSA) is 61.8 Å². The zero-order valence-electron chi connectivity index (χ0n) is 17.1. The van der Waals surface area contributed by atoms with E-state index in [9.17, 15) is 9.59 Å². The van der Waals surface area contributed by atoms with Gasteiger partial charge in [-0.3, -0.25) is 0 Å². The Labute approximate surface area is 180 Å². The van der Waals surface area contributed by atoms with E-state index in [0.29, 0.717) is 28.0 Å². The minimum atomic E-state index is -0.519. The summed E-state index contributed by atoms with van der Waals surface area (Å²) in [5, 5.41) is 0. The maximum atomic E-state index is 12.5. The van der Waals surface area contributed by atoms with Gasteiger partial charge in [-0.25, -0.2) is 9.59 Å². The number of carbonyl (C=O) groups excluding carboxylic acids is 2. The van der Waals surface area contributed by atoms with Gasteiger partial charge in [0.25, 0.3) is 0 Å². The first kappa shape index (κ1) is 22.9. The zero-order chi connectivity index (χ0) is 21.2. The molecule has 0 unspecified atom stereocenters. The summed E-state index contributed by atoms with van der Waals surface area (Å²) >= 11 is 3.44. The van der Waals surface area contributed by atoms with E-state index in [1.54, 1.807) is 50.2 Å². The first-order chi connectivity index (χ1) is 13.9. The number of esters is 2. The number of halogens is 1. The molecule has 0 aliphatic carbocycles. The standard InChI is InChI=1S/C23H27BrO5/c1-4-5-6-7-13-27-21-12-11-18(15-20(21)24)23(26)29-19-10-8-9-17(14-19)22(25)28-16(2)3/h8-12,14-16H,4-7,13H2,1-3H3. The molecule has 0 amide bonds. The van der Waals surface area contributed by atoms with Crippen LogP contribution in [0.2, 0.25) is 0 Å². The van der Waals surface area contributed by atoms with Crippen molar-refractivity contribution < 1.29 is 23.8 Å². The lowest BCUT2D eigenvalue weighted by molar-refractivity contribution is 0.0376. The second kappa shape index (κ2) is 11.6. The summed E-state index contributed by atoms with van der Waals surface area (Å²) in [7, 11) is 0. The highest BCUT2D eigenvalue weighted by Crippen LogP contribution is 2.27. The predicted molar refractivity (Wildman–Crippen MR) is 116 cm³/mol. The minimum Gasteiger partial charge on any atom is -0.492 e. The third-order valence-corrected chi connectivity index (χ3v) is 4.67. The Bertz CT molecular complexity index is 832. The second-order valence-corrected chi connectivity index (χ2v) is 7.78. The van der Waals surface area contributed by atoms with Gasteiger partial charge in [-0.05, 0) is 72.6 Å². The fourth-order valence-corrected chi connectivity index (χ4v) is 3.08. The Balaban J connectivity index is 1.98. The molecule has 0 spiro atoms. The van der Waals surface area contributed by atoms with Gasteiger partial charge in [0.15, 0.2) is 0 Å². The number of benzene rings is 2. The number of carbonyl (C=O) groups is 2. The molecule has 0 fully saturated rings. The zero-order valence-corrected chi connectivity index (χ0v) is 18.7. The number of hydrogen-bond donors (Lipinski definition) is 0. The van der Waals surface area contributed by atoms with Crippen LogP contribution in [0.5, 0.6) is 11.5 Å². The van der Waals surface area contributed by atoms with Crippen molar-refractivity contribution in [2.45, 2.75) is 52.6 Å². The van der Waals surface area contributed by atoms with Gasteiger partial charge in [-0.2, -0.15) is 0 Å². The molecule has 0 atom stereocenters. The van der Waals surface area contributed by atoms with Gasteiger partial charge in [-0.1, -0.05) is 32.3 Å². The minimum absolute atomic E-state index is 0.224. The van der Waals surface area contributed by atoms with Crippen LogP contribution in [-0.2, 0) is 4.74 Å². The van der Waals surface area contributed by atoms with Crippen LogP contribution in [-0.4, -0.2) is 24.6 Å². The monoisotopic (exact) mass is 462 g/mol. The molecule has 0 N–H and O–H groups in total. The Morgan fingerprint density at radius 3 is 2.41 bits per heavy atom. The lowest BCUT2D eigenvalue weighted by Gasteiger charge is -2.11. The lowest BCUT2D eigenvalue weighted by Crippen LogP contribution is -2.12. The predicted octanol–water partition coefficient (Wildman–Crippen LogP) is 6.19. The fourth-order valence-electron chi connectivity index (χ4n) is 2.59. The number of ether oxygens (including phenoxy) is 3. The summed E-state index contributed by atoms with van der Waals surface area (Å²) < 4.78 is 17.0. The van der Waals surface area contributed by atoms with E-state index in [-0.39, 0.29) is 11.9 Å². The number of unbranched alkanes of at least 4 members (excludes halogenated alkanes) is 3. The van der Waals surface area contributed by atoms with Crippen molar-refractivity contribution in [1.29, 1.82) is 0 Å². The van der Waals surface area contributed by atoms with Crippen molar-refractivity contribution in [3.63, 3.8) is 0 Å². The van der Waals surface area contributed by atoms with Crippen molar-refractivity contribution in [2.75, 3.05) is 6.61 Å². The Hall–Kier alpha value is -2.34. The molecule has 0 saturated heterocycles. The summed E-state index contributed by atoms with van der Waals surface area (Å²) in [6.07, 6.45) is 4.30. The highest BCUT2D eigenvalue weighted by Gasteiger charge is 2.14. The van der Waals surface area contributed by atoms with Crippen LogP contribution < -0.4 is 9.47 Å². The molecule has 2 aromatic rings. The number of hydrogen-bond acceptors (Lipinski definition) is 5. The van der Waals surface area contributed by atoms with E-state index in [1.807, 2.05) is 0 Å². The average molecular weight is 463 g/mol. The van der Waals surface area contributed by atoms with Gasteiger partial charge < -0.3 is 14.2 Å². The van der Waals surface area contributed by atoms with Crippen molar-refractivity contribution >= 4 is 27.9 Å². The molecule has 5 nitrogen and oxygen atoms in total. The lowest BCUT2D eigenvalue weighted by atomic mass is 10.2. The molecule has 29 heavy (non-hydrogen) atoms. The summed E-state index contributed by atoms with van der Waals surface area (Å²) in [6.45, 7) is 6.36. The van der Waals surface area contributed by atoms with Crippen molar-refractivity contribution in [1.82, 2.24) is 0 Å². The van der Waals surface area contributed by atoms with E-state index in [1.165, 1.54) is 18.9 Å². The molecule has 0 bridgehead atoms. The van der Waals surface area contributed by atoms with E-state index in [2.05, 4.69) is 22.9 Å². The van der Waals surface area contributed by atoms with Gasteiger partial charge in [0.1, 0.15) is 11.5 Å². The van der Waals surface area contributed by atoms with Crippen LogP contribution in [0.15, 0.2) is 46.9 Å². The smallest absolute Gasteiger partial charge is 0.343 e. The Morgan fingerprint density at radius 2 is 1.72 bits per heavy atom. The molecule has 0 aliphatic heterocycles. The molecule has 2 rings (SSSR count). The molecule has 6 heteroatoms. The molecule has 2 aromatic carbocycles. The van der Waals surface area contributed by atoms with E-state index < -0.39 is 11.9 Å². The largest absolute Gasteiger partial charge is 0.492 e. The second-order valence-electron chi connectivity index (χ2n) is 6.93. The first-order valence-corrected chi connectivity index (χ1v) is 10.7. The SMILES string of the molecule is CCCCCCOc1ccc(C(=O)Oc2cccc(C(=O)OC(C)C)c2)cc1Br. The molecular formula is C23H27BrO5. The van der Waals surface area contributed by atoms with Crippen molar-refractivity contribution in [2.24, 2.45) is 0 Å².